The molecule has 0 saturated heterocycles. The molecule has 3 rings (SSSR count). The Labute approximate surface area is 157 Å². The van der Waals surface area contributed by atoms with Crippen molar-refractivity contribution in [3.8, 4) is 17.3 Å². The quantitative estimate of drug-likeness (QED) is 0.743. The Kier molecular flexibility index (Phi) is 5.67. The summed E-state index contributed by atoms with van der Waals surface area (Å²) < 4.78 is 0. The average Bonchev–Trinajstić information content (AvgIpc) is 2.69. The van der Waals surface area contributed by atoms with Gasteiger partial charge in [-0.15, -0.1) is 0 Å². The molecule has 1 heterocycles. The second-order valence-electron chi connectivity index (χ2n) is 7.08. The van der Waals surface area contributed by atoms with Gasteiger partial charge in [0.15, 0.2) is 0 Å². The van der Waals surface area contributed by atoms with Crippen LogP contribution in [-0.4, -0.2) is 27.7 Å². The number of rotatable bonds is 5. The van der Waals surface area contributed by atoms with Crippen molar-refractivity contribution in [1.29, 1.82) is 5.26 Å². The fourth-order valence-corrected chi connectivity index (χ4v) is 3.39. The summed E-state index contributed by atoms with van der Waals surface area (Å²) in [6.07, 6.45) is 4.72. The highest BCUT2D eigenvalue weighted by atomic mass is 16.2. The standard InChI is InChI=1S/C20H23N5O2/c21-13-16(23-19(27)20(22)10-2-1-3-11-20)12-14-4-6-15(7-5-14)17-8-9-18(26)25-24-17/h4-9,16H,1-3,10-12,22H2,(H,23,27)(H,25,26). The number of hydrogen-bond donors (Lipinski definition) is 3. The average molecular weight is 365 g/mol. The van der Waals surface area contributed by atoms with Crippen LogP contribution in [0.15, 0.2) is 41.2 Å². The SMILES string of the molecule is N#CC(Cc1ccc(-c2ccc(=O)[nH]n2)cc1)NC(=O)C1(N)CCCCC1. The number of H-pyrrole nitrogens is 1. The van der Waals surface area contributed by atoms with Crippen LogP contribution < -0.4 is 16.6 Å². The zero-order chi connectivity index (χ0) is 19.3. The molecule has 140 valence electrons. The van der Waals surface area contributed by atoms with Gasteiger partial charge >= 0.3 is 0 Å². The Morgan fingerprint density at radius 2 is 1.93 bits per heavy atom. The van der Waals surface area contributed by atoms with E-state index < -0.39 is 11.6 Å². The minimum Gasteiger partial charge on any atom is -0.338 e. The minimum absolute atomic E-state index is 0.234. The van der Waals surface area contributed by atoms with Gasteiger partial charge in [-0.1, -0.05) is 43.5 Å². The molecular weight excluding hydrogens is 342 g/mol. The van der Waals surface area contributed by atoms with Gasteiger partial charge in [0, 0.05) is 18.1 Å². The van der Waals surface area contributed by atoms with Gasteiger partial charge in [-0.3, -0.25) is 9.59 Å². The number of aromatic amines is 1. The minimum atomic E-state index is -0.854. The maximum atomic E-state index is 12.5. The van der Waals surface area contributed by atoms with E-state index in [9.17, 15) is 14.9 Å². The van der Waals surface area contributed by atoms with Crippen molar-refractivity contribution in [2.45, 2.75) is 50.1 Å². The molecule has 1 amide bonds. The maximum Gasteiger partial charge on any atom is 0.264 e. The molecule has 1 saturated carbocycles. The summed E-state index contributed by atoms with van der Waals surface area (Å²) in [5, 5.41) is 18.6. The molecule has 1 atom stereocenters. The Bertz CT molecular complexity index is 871. The third kappa shape index (κ3) is 4.60. The van der Waals surface area contributed by atoms with E-state index in [-0.39, 0.29) is 11.5 Å². The van der Waals surface area contributed by atoms with E-state index >= 15 is 0 Å². The number of nitrogens with two attached hydrogens (primary N) is 1. The fraction of sp³-hybridized carbons (Fsp3) is 0.400. The lowest BCUT2D eigenvalue weighted by Gasteiger charge is -2.32. The molecule has 1 aliphatic carbocycles. The van der Waals surface area contributed by atoms with Crippen LogP contribution in [0.2, 0.25) is 0 Å². The first kappa shape index (κ1) is 18.8. The van der Waals surface area contributed by atoms with Gasteiger partial charge in [-0.2, -0.15) is 10.4 Å². The number of nitrogens with one attached hydrogen (secondary N) is 2. The highest BCUT2D eigenvalue weighted by molar-refractivity contribution is 5.86. The molecule has 7 heteroatoms. The van der Waals surface area contributed by atoms with E-state index in [1.165, 1.54) is 6.07 Å². The summed E-state index contributed by atoms with van der Waals surface area (Å²) in [6.45, 7) is 0. The van der Waals surface area contributed by atoms with Gasteiger partial charge in [0.2, 0.25) is 5.91 Å². The van der Waals surface area contributed by atoms with Crippen LogP contribution in [0.4, 0.5) is 0 Å². The van der Waals surface area contributed by atoms with E-state index in [0.29, 0.717) is 25.0 Å². The highest BCUT2D eigenvalue weighted by Crippen LogP contribution is 2.26. The summed E-state index contributed by atoms with van der Waals surface area (Å²) in [6, 6.07) is 12.1. The summed E-state index contributed by atoms with van der Waals surface area (Å²) in [5.41, 5.74) is 7.57. The van der Waals surface area contributed by atoms with Crippen molar-refractivity contribution < 1.29 is 4.79 Å². The van der Waals surface area contributed by atoms with Crippen LogP contribution in [0, 0.1) is 11.3 Å². The maximum absolute atomic E-state index is 12.5. The fourth-order valence-electron chi connectivity index (χ4n) is 3.39. The van der Waals surface area contributed by atoms with E-state index in [4.69, 9.17) is 5.73 Å². The molecule has 27 heavy (non-hydrogen) atoms. The number of benzene rings is 1. The van der Waals surface area contributed by atoms with Crippen molar-refractivity contribution in [3.05, 3.63) is 52.3 Å². The van der Waals surface area contributed by atoms with Crippen molar-refractivity contribution in [2.75, 3.05) is 0 Å². The third-order valence-electron chi connectivity index (χ3n) is 5.03. The summed E-state index contributed by atoms with van der Waals surface area (Å²) in [5.74, 6) is -0.234. The zero-order valence-corrected chi connectivity index (χ0v) is 15.1. The molecule has 1 aliphatic rings. The van der Waals surface area contributed by atoms with Crippen molar-refractivity contribution >= 4 is 5.91 Å². The van der Waals surface area contributed by atoms with Gasteiger partial charge < -0.3 is 11.1 Å². The third-order valence-corrected chi connectivity index (χ3v) is 5.03. The van der Waals surface area contributed by atoms with Crippen LogP contribution in [0.1, 0.15) is 37.7 Å². The van der Waals surface area contributed by atoms with Crippen LogP contribution in [0.3, 0.4) is 0 Å². The van der Waals surface area contributed by atoms with E-state index in [1.807, 2.05) is 24.3 Å². The molecule has 0 aliphatic heterocycles. The molecule has 0 radical (unpaired) electrons. The van der Waals surface area contributed by atoms with E-state index in [0.717, 1.165) is 30.4 Å². The number of carbonyl (C=O) groups is 1. The Hall–Kier alpha value is -2.98. The van der Waals surface area contributed by atoms with Crippen LogP contribution in [0.5, 0.6) is 0 Å². The van der Waals surface area contributed by atoms with Crippen molar-refractivity contribution in [2.24, 2.45) is 5.73 Å². The number of nitrogens with zero attached hydrogens (tertiary/aromatic N) is 2. The normalized spacial score (nSPS) is 16.9. The topological polar surface area (TPSA) is 125 Å². The van der Waals surface area contributed by atoms with E-state index in [2.05, 4.69) is 21.6 Å². The second kappa shape index (κ2) is 8.14. The van der Waals surface area contributed by atoms with Gasteiger partial charge in [0.05, 0.1) is 17.3 Å². The molecule has 4 N–H and O–H groups in total. The molecule has 7 nitrogen and oxygen atoms in total. The number of aromatic nitrogens is 2. The van der Waals surface area contributed by atoms with Crippen LogP contribution >= 0.6 is 0 Å². The lowest BCUT2D eigenvalue weighted by atomic mass is 9.81. The molecular formula is C20H23N5O2. The largest absolute Gasteiger partial charge is 0.338 e. The first-order chi connectivity index (χ1) is 13.0. The second-order valence-corrected chi connectivity index (χ2v) is 7.08. The van der Waals surface area contributed by atoms with Crippen LogP contribution in [0.25, 0.3) is 11.3 Å². The summed E-state index contributed by atoms with van der Waals surface area (Å²) in [4.78, 5) is 23.6. The highest BCUT2D eigenvalue weighted by Gasteiger charge is 2.36. The summed E-state index contributed by atoms with van der Waals surface area (Å²) in [7, 11) is 0. The first-order valence-electron chi connectivity index (χ1n) is 9.15. The monoisotopic (exact) mass is 365 g/mol. The van der Waals surface area contributed by atoms with E-state index in [1.54, 1.807) is 6.07 Å². The molecule has 1 aromatic carbocycles. The molecule has 1 unspecified atom stereocenters. The number of carbonyl (C=O) groups excluding carboxylic acids is 1. The predicted octanol–water partition coefficient (Wildman–Crippen LogP) is 1.65. The molecule has 1 fully saturated rings. The number of hydrogen-bond acceptors (Lipinski definition) is 5. The number of amides is 1. The smallest absolute Gasteiger partial charge is 0.264 e. The predicted molar refractivity (Wildman–Crippen MR) is 102 cm³/mol. The lowest BCUT2D eigenvalue weighted by Crippen LogP contribution is -2.57. The van der Waals surface area contributed by atoms with Gasteiger partial charge in [0.25, 0.3) is 5.56 Å². The number of nitriles is 1. The Morgan fingerprint density at radius 1 is 1.22 bits per heavy atom. The Balaban J connectivity index is 1.64. The lowest BCUT2D eigenvalue weighted by molar-refractivity contribution is -0.127. The van der Waals surface area contributed by atoms with Crippen LogP contribution in [-0.2, 0) is 11.2 Å². The molecule has 0 bridgehead atoms. The molecule has 2 aromatic rings. The summed E-state index contributed by atoms with van der Waals surface area (Å²) >= 11 is 0. The van der Waals surface area contributed by atoms with Gasteiger partial charge in [0.1, 0.15) is 6.04 Å². The van der Waals surface area contributed by atoms with Gasteiger partial charge in [-0.25, -0.2) is 5.10 Å². The van der Waals surface area contributed by atoms with Gasteiger partial charge in [-0.05, 0) is 24.5 Å². The molecule has 0 spiro atoms. The first-order valence-corrected chi connectivity index (χ1v) is 9.15. The molecule has 1 aromatic heterocycles. The Morgan fingerprint density at radius 3 is 2.52 bits per heavy atom. The van der Waals surface area contributed by atoms with Crippen molar-refractivity contribution in [3.63, 3.8) is 0 Å². The zero-order valence-electron chi connectivity index (χ0n) is 15.1. The van der Waals surface area contributed by atoms with Crippen molar-refractivity contribution in [1.82, 2.24) is 15.5 Å².